The van der Waals surface area contributed by atoms with Crippen LogP contribution in [0.4, 0.5) is 10.1 Å². The lowest BCUT2D eigenvalue weighted by Crippen LogP contribution is -2.54. The first-order valence-corrected chi connectivity index (χ1v) is 12.8. The number of aromatic nitrogens is 1. The maximum absolute atomic E-state index is 12.3. The summed E-state index contributed by atoms with van der Waals surface area (Å²) in [6.45, 7) is 4.53. The van der Waals surface area contributed by atoms with Crippen molar-refractivity contribution in [2.24, 2.45) is 0 Å². The molecule has 8 heteroatoms. The summed E-state index contributed by atoms with van der Waals surface area (Å²) >= 11 is -2.16. The summed E-state index contributed by atoms with van der Waals surface area (Å²) < 4.78 is 35.7. The number of H-pyrrole nitrogens is 1. The van der Waals surface area contributed by atoms with Crippen LogP contribution in [-0.2, 0) is 17.5 Å². The smallest absolute Gasteiger partial charge is 0.0906 e. The predicted octanol–water partition coefficient (Wildman–Crippen LogP) is 3.80. The van der Waals surface area contributed by atoms with E-state index in [-0.39, 0.29) is 24.6 Å². The van der Waals surface area contributed by atoms with Gasteiger partial charge in [-0.05, 0) is 60.2 Å². The fourth-order valence-corrected chi connectivity index (χ4v) is 5.96. The monoisotopic (exact) mass is 469 g/mol. The number of rotatable bonds is 8. The molecule has 0 spiro atoms. The summed E-state index contributed by atoms with van der Waals surface area (Å²) in [7, 11) is 0. The van der Waals surface area contributed by atoms with Crippen molar-refractivity contribution in [2.75, 3.05) is 37.5 Å². The molecule has 3 heterocycles. The molecule has 6 nitrogen and oxygen atoms in total. The van der Waals surface area contributed by atoms with Gasteiger partial charge in [0.05, 0.1) is 24.6 Å². The Labute approximate surface area is 196 Å². The van der Waals surface area contributed by atoms with Crippen molar-refractivity contribution >= 4 is 27.7 Å². The van der Waals surface area contributed by atoms with Crippen molar-refractivity contribution in [3.8, 4) is 0 Å². The van der Waals surface area contributed by atoms with Gasteiger partial charge in [0.1, 0.15) is 0 Å². The van der Waals surface area contributed by atoms with Crippen molar-refractivity contribution in [2.45, 2.75) is 37.9 Å². The second kappa shape index (κ2) is 9.54. The summed E-state index contributed by atoms with van der Waals surface area (Å²) in [5, 5.41) is 4.77. The third-order valence-electron chi connectivity index (χ3n) is 6.93. The van der Waals surface area contributed by atoms with Crippen molar-refractivity contribution in [1.29, 1.82) is 0 Å². The molecule has 33 heavy (non-hydrogen) atoms. The highest BCUT2D eigenvalue weighted by atomic mass is 32.2. The molecule has 2 aliphatic heterocycles. The second-order valence-corrected chi connectivity index (χ2v) is 10.1. The minimum Gasteiger partial charge on any atom is -0.771 e. The number of benzene rings is 2. The first kappa shape index (κ1) is 22.5. The number of nitrogens with zero attached hydrogens (tertiary/aromatic N) is 2. The van der Waals surface area contributed by atoms with E-state index in [2.05, 4.69) is 69.5 Å². The van der Waals surface area contributed by atoms with Crippen molar-refractivity contribution in [1.82, 2.24) is 14.8 Å². The van der Waals surface area contributed by atoms with Gasteiger partial charge in [-0.2, -0.15) is 0 Å². The van der Waals surface area contributed by atoms with Gasteiger partial charge in [-0.1, -0.05) is 30.3 Å². The zero-order valence-corrected chi connectivity index (χ0v) is 19.6. The summed E-state index contributed by atoms with van der Waals surface area (Å²) in [5.41, 5.74) is 5.58. The molecular weight excluding hydrogens is 439 g/mol. The zero-order valence-electron chi connectivity index (χ0n) is 18.8. The average Bonchev–Trinajstić information content (AvgIpc) is 3.14. The van der Waals surface area contributed by atoms with Gasteiger partial charge < -0.3 is 14.9 Å². The Hall–Kier alpha value is -2.26. The lowest BCUT2D eigenvalue weighted by molar-refractivity contribution is 0.155. The quantitative estimate of drug-likeness (QED) is 0.491. The van der Waals surface area contributed by atoms with Crippen molar-refractivity contribution in [3.63, 3.8) is 0 Å². The molecule has 176 valence electrons. The number of aromatic amines is 1. The topological polar surface area (TPSA) is 74.4 Å². The molecule has 1 aromatic heterocycles. The lowest BCUT2D eigenvalue weighted by atomic mass is 9.89. The van der Waals surface area contributed by atoms with Crippen LogP contribution in [0.2, 0.25) is 0 Å². The van der Waals surface area contributed by atoms with Crippen molar-refractivity contribution in [3.05, 3.63) is 65.4 Å². The van der Waals surface area contributed by atoms with E-state index < -0.39 is 11.1 Å². The number of halogens is 1. The molecule has 1 unspecified atom stereocenters. The molecule has 0 amide bonds. The van der Waals surface area contributed by atoms with Gasteiger partial charge in [0, 0.05) is 48.0 Å². The van der Waals surface area contributed by atoms with Gasteiger partial charge in [-0.3, -0.25) is 18.4 Å². The first-order valence-electron chi connectivity index (χ1n) is 11.6. The molecule has 3 aromatic rings. The SMILES string of the molecule is C[C@@H]1Cc2c([nH]c3ccccc23)[C@H](c2ccc(NC3CN(CCCF)C3)cc2)N1CS(=O)[O-]. The predicted molar refractivity (Wildman–Crippen MR) is 130 cm³/mol. The highest BCUT2D eigenvalue weighted by Crippen LogP contribution is 2.41. The number of fused-ring (bicyclic) bond motifs is 3. The van der Waals surface area contributed by atoms with Crippen LogP contribution < -0.4 is 5.32 Å². The molecule has 2 aliphatic rings. The number of alkyl halides is 1. The maximum atomic E-state index is 12.3. The Bertz CT molecular complexity index is 1130. The summed E-state index contributed by atoms with van der Waals surface area (Å²) in [6, 6.07) is 17.0. The Morgan fingerprint density at radius 2 is 1.94 bits per heavy atom. The number of anilines is 1. The molecular formula is C25H30FN4O2S-. The van der Waals surface area contributed by atoms with E-state index in [9.17, 15) is 13.2 Å². The summed E-state index contributed by atoms with van der Waals surface area (Å²) in [4.78, 5) is 7.91. The first-order chi connectivity index (χ1) is 16.0. The van der Waals surface area contributed by atoms with Crippen LogP contribution >= 0.6 is 0 Å². The van der Waals surface area contributed by atoms with Crippen LogP contribution in [0.5, 0.6) is 0 Å². The van der Waals surface area contributed by atoms with Crippen LogP contribution in [0.15, 0.2) is 48.5 Å². The number of para-hydroxylation sites is 1. The van der Waals surface area contributed by atoms with Gasteiger partial charge in [-0.15, -0.1) is 0 Å². The lowest BCUT2D eigenvalue weighted by Gasteiger charge is -2.41. The molecule has 1 fully saturated rings. The van der Waals surface area contributed by atoms with Crippen LogP contribution in [-0.4, -0.2) is 67.8 Å². The summed E-state index contributed by atoms with van der Waals surface area (Å²) in [5.74, 6) is -0.00255. The molecule has 3 atom stereocenters. The van der Waals surface area contributed by atoms with E-state index in [0.29, 0.717) is 12.5 Å². The maximum Gasteiger partial charge on any atom is 0.0906 e. The molecule has 0 radical (unpaired) electrons. The second-order valence-electron chi connectivity index (χ2n) is 9.23. The molecule has 2 N–H and O–H groups in total. The summed E-state index contributed by atoms with van der Waals surface area (Å²) in [6.07, 6.45) is 1.41. The van der Waals surface area contributed by atoms with Crippen LogP contribution in [0.1, 0.15) is 36.2 Å². The van der Waals surface area contributed by atoms with Crippen LogP contribution in [0.25, 0.3) is 10.9 Å². The zero-order chi connectivity index (χ0) is 22.9. The average molecular weight is 470 g/mol. The van der Waals surface area contributed by atoms with Gasteiger partial charge in [0.15, 0.2) is 0 Å². The number of likely N-dealkylation sites (tertiary alicyclic amines) is 1. The van der Waals surface area contributed by atoms with Crippen LogP contribution in [0, 0.1) is 0 Å². The van der Waals surface area contributed by atoms with E-state index in [1.165, 1.54) is 10.9 Å². The van der Waals surface area contributed by atoms with E-state index in [1.807, 2.05) is 6.07 Å². The Morgan fingerprint density at radius 3 is 2.67 bits per heavy atom. The number of nitrogens with one attached hydrogen (secondary N) is 2. The third kappa shape index (κ3) is 4.57. The fraction of sp³-hybridized carbons (Fsp3) is 0.440. The van der Waals surface area contributed by atoms with Gasteiger partial charge >= 0.3 is 0 Å². The van der Waals surface area contributed by atoms with E-state index >= 15 is 0 Å². The molecule has 1 saturated heterocycles. The van der Waals surface area contributed by atoms with E-state index in [0.717, 1.165) is 48.5 Å². The minimum atomic E-state index is -2.16. The Balaban J connectivity index is 1.39. The fourth-order valence-electron chi connectivity index (χ4n) is 5.31. The van der Waals surface area contributed by atoms with E-state index in [4.69, 9.17) is 0 Å². The van der Waals surface area contributed by atoms with Crippen LogP contribution in [0.3, 0.4) is 0 Å². The molecule has 0 bridgehead atoms. The van der Waals surface area contributed by atoms with Gasteiger partial charge in [-0.25, -0.2) is 0 Å². The van der Waals surface area contributed by atoms with Gasteiger partial charge in [0.25, 0.3) is 0 Å². The number of hydrogen-bond acceptors (Lipinski definition) is 5. The Morgan fingerprint density at radius 1 is 1.18 bits per heavy atom. The van der Waals surface area contributed by atoms with E-state index in [1.54, 1.807) is 0 Å². The molecule has 5 rings (SSSR count). The molecule has 0 saturated carbocycles. The molecule has 2 aromatic carbocycles. The highest BCUT2D eigenvalue weighted by molar-refractivity contribution is 7.79. The third-order valence-corrected chi connectivity index (χ3v) is 7.44. The normalized spacial score (nSPS) is 22.8. The number of hydrogen-bond donors (Lipinski definition) is 2. The standard InChI is InChI=1S/C25H31FN4O2S/c1-17-13-22-21-5-2-3-6-23(21)28-24(22)25(30(17)16-33(31)32)18-7-9-19(10-8-18)27-20-14-29(15-20)12-4-11-26/h2-3,5-10,17,20,25,27-28H,4,11-16H2,1H3,(H,31,32)/p-1/t17-,25+/m1/s1. The molecule has 0 aliphatic carbocycles. The van der Waals surface area contributed by atoms with Crippen molar-refractivity contribution < 1.29 is 13.2 Å². The highest BCUT2D eigenvalue weighted by Gasteiger charge is 2.35. The Kier molecular flexibility index (Phi) is 6.51. The largest absolute Gasteiger partial charge is 0.771 e. The van der Waals surface area contributed by atoms with Gasteiger partial charge in [0.2, 0.25) is 0 Å². The minimum absolute atomic E-state index is 0.00255.